The summed E-state index contributed by atoms with van der Waals surface area (Å²) in [6, 6.07) is 1.46. The SMILES string of the molecule is CC(C)(C)OC(=O)N(C(=O)OC(C)(C)C)c1ncc(NC(=O)C(=O)O)cc1C1CCOC1. The topological polar surface area (TPSA) is 144 Å². The second-order valence-electron chi connectivity index (χ2n) is 9.25. The van der Waals surface area contributed by atoms with Crippen molar-refractivity contribution in [3.8, 4) is 0 Å². The molecule has 176 valence electrons. The third-order valence-electron chi connectivity index (χ3n) is 4.08. The molecule has 1 fully saturated rings. The summed E-state index contributed by atoms with van der Waals surface area (Å²) in [7, 11) is 0. The number of nitrogens with zero attached hydrogens (tertiary/aromatic N) is 2. The van der Waals surface area contributed by atoms with E-state index in [4.69, 9.17) is 19.3 Å². The average molecular weight is 451 g/mol. The fourth-order valence-electron chi connectivity index (χ4n) is 2.86. The van der Waals surface area contributed by atoms with Gasteiger partial charge in [0.15, 0.2) is 5.82 Å². The minimum absolute atomic E-state index is 0.0441. The van der Waals surface area contributed by atoms with Gasteiger partial charge in [-0.15, -0.1) is 0 Å². The van der Waals surface area contributed by atoms with E-state index in [-0.39, 0.29) is 17.4 Å². The van der Waals surface area contributed by atoms with Gasteiger partial charge in [-0.1, -0.05) is 0 Å². The molecule has 0 aliphatic carbocycles. The molecule has 11 heteroatoms. The Morgan fingerprint density at radius 2 is 1.66 bits per heavy atom. The molecule has 0 spiro atoms. The molecule has 1 aliphatic heterocycles. The molecular formula is C21H29N3O8. The first kappa shape index (κ1) is 25.1. The highest BCUT2D eigenvalue weighted by atomic mass is 16.6. The normalized spacial score (nSPS) is 16.2. The van der Waals surface area contributed by atoms with Crippen molar-refractivity contribution in [3.63, 3.8) is 0 Å². The zero-order valence-corrected chi connectivity index (χ0v) is 19.1. The lowest BCUT2D eigenvalue weighted by molar-refractivity contribution is -0.147. The molecule has 2 heterocycles. The molecule has 1 unspecified atom stereocenters. The van der Waals surface area contributed by atoms with E-state index in [0.717, 1.165) is 6.20 Å². The van der Waals surface area contributed by atoms with Crippen molar-refractivity contribution in [3.05, 3.63) is 17.8 Å². The smallest absolute Gasteiger partial charge is 0.425 e. The van der Waals surface area contributed by atoms with Gasteiger partial charge >= 0.3 is 24.1 Å². The number of carboxylic acid groups (broad SMARTS) is 1. The fraction of sp³-hybridized carbons (Fsp3) is 0.571. The minimum atomic E-state index is -1.66. The van der Waals surface area contributed by atoms with Gasteiger partial charge in [-0.2, -0.15) is 4.90 Å². The summed E-state index contributed by atoms with van der Waals surface area (Å²) in [4.78, 5) is 53.3. The third kappa shape index (κ3) is 6.91. The number of carbonyl (C=O) groups is 4. The van der Waals surface area contributed by atoms with Gasteiger partial charge in [-0.3, -0.25) is 4.79 Å². The zero-order chi connectivity index (χ0) is 24.3. The summed E-state index contributed by atoms with van der Waals surface area (Å²) in [6.07, 6.45) is -0.248. The second-order valence-corrected chi connectivity index (χ2v) is 9.25. The van der Waals surface area contributed by atoms with Crippen LogP contribution in [0.4, 0.5) is 21.1 Å². The number of aliphatic carboxylic acids is 1. The summed E-state index contributed by atoms with van der Waals surface area (Å²) in [5, 5.41) is 11.1. The van der Waals surface area contributed by atoms with Crippen molar-refractivity contribution in [2.45, 2.75) is 65.1 Å². The first-order valence-electron chi connectivity index (χ1n) is 10.1. The molecule has 0 radical (unpaired) electrons. The van der Waals surface area contributed by atoms with E-state index >= 15 is 0 Å². The van der Waals surface area contributed by atoms with Gasteiger partial charge in [0.05, 0.1) is 18.5 Å². The number of carboxylic acids is 1. The number of hydrogen-bond donors (Lipinski definition) is 2. The molecule has 1 aromatic rings. The van der Waals surface area contributed by atoms with Crippen molar-refractivity contribution in [1.29, 1.82) is 0 Å². The van der Waals surface area contributed by atoms with Crippen LogP contribution in [0.2, 0.25) is 0 Å². The highest BCUT2D eigenvalue weighted by molar-refractivity contribution is 6.36. The molecule has 0 aromatic carbocycles. The Morgan fingerprint density at radius 3 is 2.09 bits per heavy atom. The predicted octanol–water partition coefficient (Wildman–Crippen LogP) is 3.29. The third-order valence-corrected chi connectivity index (χ3v) is 4.08. The van der Waals surface area contributed by atoms with E-state index in [2.05, 4.69) is 10.3 Å². The van der Waals surface area contributed by atoms with Crippen molar-refractivity contribution < 1.29 is 38.5 Å². The number of hydrogen-bond acceptors (Lipinski definition) is 8. The van der Waals surface area contributed by atoms with Gasteiger partial charge in [-0.05, 0) is 54.0 Å². The molecule has 0 saturated carbocycles. The molecule has 2 N–H and O–H groups in total. The number of amides is 3. The van der Waals surface area contributed by atoms with Crippen LogP contribution in [0.1, 0.15) is 59.4 Å². The maximum absolute atomic E-state index is 13.0. The number of nitrogens with one attached hydrogen (secondary N) is 1. The van der Waals surface area contributed by atoms with E-state index in [9.17, 15) is 19.2 Å². The first-order valence-corrected chi connectivity index (χ1v) is 10.1. The maximum atomic E-state index is 13.0. The van der Waals surface area contributed by atoms with Crippen LogP contribution in [0.5, 0.6) is 0 Å². The second kappa shape index (κ2) is 9.51. The summed E-state index contributed by atoms with van der Waals surface area (Å²) >= 11 is 0. The number of pyridine rings is 1. The number of carbonyl (C=O) groups excluding carboxylic acids is 3. The Labute approximate surface area is 186 Å². The van der Waals surface area contributed by atoms with E-state index in [1.807, 2.05) is 0 Å². The van der Waals surface area contributed by atoms with Crippen molar-refractivity contribution in [1.82, 2.24) is 4.98 Å². The van der Waals surface area contributed by atoms with Gasteiger partial charge in [0.2, 0.25) is 0 Å². The molecular weight excluding hydrogens is 422 g/mol. The number of ether oxygens (including phenoxy) is 3. The lowest BCUT2D eigenvalue weighted by Crippen LogP contribution is -2.44. The Hall–Kier alpha value is -3.21. The molecule has 1 aliphatic rings. The van der Waals surface area contributed by atoms with Crippen molar-refractivity contribution in [2.75, 3.05) is 23.4 Å². The molecule has 1 atom stereocenters. The van der Waals surface area contributed by atoms with Crippen molar-refractivity contribution in [2.24, 2.45) is 0 Å². The highest BCUT2D eigenvalue weighted by Gasteiger charge is 2.37. The van der Waals surface area contributed by atoms with E-state index in [1.54, 1.807) is 41.5 Å². The van der Waals surface area contributed by atoms with Crippen LogP contribution in [0.3, 0.4) is 0 Å². The van der Waals surface area contributed by atoms with Gasteiger partial charge in [0, 0.05) is 18.1 Å². The standard InChI is InChI=1S/C21H29N3O8/c1-20(2,3)31-18(28)24(19(29)32-21(4,5)6)15-14(12-7-8-30-11-12)9-13(10-22-15)23-16(25)17(26)27/h9-10,12H,7-8,11H2,1-6H3,(H,23,25)(H,26,27). The summed E-state index contributed by atoms with van der Waals surface area (Å²) in [5.41, 5.74) is -1.30. The Balaban J connectivity index is 2.56. The molecule has 1 saturated heterocycles. The highest BCUT2D eigenvalue weighted by Crippen LogP contribution is 2.35. The summed E-state index contributed by atoms with van der Waals surface area (Å²) < 4.78 is 16.2. The van der Waals surface area contributed by atoms with E-state index in [1.165, 1.54) is 6.07 Å². The van der Waals surface area contributed by atoms with Gasteiger partial charge in [0.1, 0.15) is 11.2 Å². The van der Waals surface area contributed by atoms with Crippen molar-refractivity contribution >= 4 is 35.6 Å². The molecule has 1 aromatic heterocycles. The molecule has 2 rings (SSSR count). The average Bonchev–Trinajstić information content (AvgIpc) is 3.14. The number of imide groups is 1. The Kier molecular flexibility index (Phi) is 7.45. The molecule has 0 bridgehead atoms. The molecule has 3 amide bonds. The van der Waals surface area contributed by atoms with Crippen LogP contribution >= 0.6 is 0 Å². The van der Waals surface area contributed by atoms with Gasteiger partial charge in [0.25, 0.3) is 0 Å². The van der Waals surface area contributed by atoms with Crippen LogP contribution in [0.15, 0.2) is 12.3 Å². The van der Waals surface area contributed by atoms with Crippen LogP contribution in [0, 0.1) is 0 Å². The number of aromatic nitrogens is 1. The van der Waals surface area contributed by atoms with Crippen LogP contribution in [-0.2, 0) is 23.8 Å². The monoisotopic (exact) mass is 451 g/mol. The van der Waals surface area contributed by atoms with Crippen LogP contribution < -0.4 is 10.2 Å². The van der Waals surface area contributed by atoms with Crippen LogP contribution in [-0.4, -0.2) is 58.6 Å². The Bertz CT molecular complexity index is 867. The largest absolute Gasteiger partial charge is 0.474 e. The Morgan fingerprint density at radius 1 is 1.09 bits per heavy atom. The van der Waals surface area contributed by atoms with Crippen LogP contribution in [0.25, 0.3) is 0 Å². The summed E-state index contributed by atoms with van der Waals surface area (Å²) in [6.45, 7) is 10.7. The quantitative estimate of drug-likeness (QED) is 0.661. The van der Waals surface area contributed by atoms with Gasteiger partial charge in [-0.25, -0.2) is 19.4 Å². The number of rotatable bonds is 3. The van der Waals surface area contributed by atoms with Gasteiger partial charge < -0.3 is 24.6 Å². The summed E-state index contributed by atoms with van der Waals surface area (Å²) in [5.74, 6) is -3.21. The first-order chi connectivity index (χ1) is 14.7. The predicted molar refractivity (Wildman–Crippen MR) is 114 cm³/mol. The fourth-order valence-corrected chi connectivity index (χ4v) is 2.86. The van der Waals surface area contributed by atoms with E-state index < -0.39 is 35.3 Å². The lowest BCUT2D eigenvalue weighted by Gasteiger charge is -2.29. The minimum Gasteiger partial charge on any atom is -0.474 e. The lowest BCUT2D eigenvalue weighted by atomic mass is 9.98. The maximum Gasteiger partial charge on any atom is 0.425 e. The molecule has 32 heavy (non-hydrogen) atoms. The molecule has 11 nitrogen and oxygen atoms in total. The van der Waals surface area contributed by atoms with E-state index in [0.29, 0.717) is 30.1 Å². The number of anilines is 2. The zero-order valence-electron chi connectivity index (χ0n) is 19.1.